The number of nitrogens with zero attached hydrogens (tertiary/aromatic N) is 4. The average molecular weight is 348 g/mol. The highest BCUT2D eigenvalue weighted by Crippen LogP contribution is 2.33. The number of rotatable bonds is 4. The van der Waals surface area contributed by atoms with Gasteiger partial charge in [0.1, 0.15) is 5.69 Å². The zero-order valence-corrected chi connectivity index (χ0v) is 14.5. The summed E-state index contributed by atoms with van der Waals surface area (Å²) in [7, 11) is -3.21. The van der Waals surface area contributed by atoms with Crippen molar-refractivity contribution in [1.29, 1.82) is 0 Å². The Hall–Kier alpha value is -2.06. The number of hydrogen-bond acceptors (Lipinski definition) is 6. The van der Waals surface area contributed by atoms with E-state index in [4.69, 9.17) is 4.74 Å². The highest BCUT2D eigenvalue weighted by molar-refractivity contribution is 7.88. The molecule has 0 amide bonds. The Labute approximate surface area is 141 Å². The molecule has 2 aromatic heterocycles. The second kappa shape index (κ2) is 6.82. The van der Waals surface area contributed by atoms with Crippen molar-refractivity contribution >= 4 is 10.0 Å². The van der Waals surface area contributed by atoms with E-state index in [-0.39, 0.29) is 5.92 Å². The van der Waals surface area contributed by atoms with Crippen LogP contribution in [0.25, 0.3) is 0 Å². The van der Waals surface area contributed by atoms with Gasteiger partial charge in [-0.15, -0.1) is 0 Å². The van der Waals surface area contributed by atoms with Crippen LogP contribution in [0.1, 0.15) is 30.1 Å². The molecule has 3 rings (SSSR count). The molecular formula is C16H20N4O3S. The van der Waals surface area contributed by atoms with Crippen molar-refractivity contribution in [3.63, 3.8) is 0 Å². The van der Waals surface area contributed by atoms with E-state index >= 15 is 0 Å². The first kappa shape index (κ1) is 16.8. The Morgan fingerprint density at radius 2 is 2.00 bits per heavy atom. The maximum atomic E-state index is 11.8. The summed E-state index contributed by atoms with van der Waals surface area (Å²) < 4.78 is 31.1. The summed E-state index contributed by atoms with van der Waals surface area (Å²) in [4.78, 5) is 12.9. The molecule has 0 saturated carbocycles. The van der Waals surface area contributed by atoms with Crippen LogP contribution in [-0.2, 0) is 10.0 Å². The van der Waals surface area contributed by atoms with Gasteiger partial charge in [-0.1, -0.05) is 0 Å². The first-order valence-corrected chi connectivity index (χ1v) is 9.65. The molecule has 128 valence electrons. The van der Waals surface area contributed by atoms with E-state index in [1.54, 1.807) is 24.7 Å². The van der Waals surface area contributed by atoms with Crippen molar-refractivity contribution in [1.82, 2.24) is 19.3 Å². The smallest absolute Gasteiger partial charge is 0.241 e. The van der Waals surface area contributed by atoms with Crippen molar-refractivity contribution in [3.05, 3.63) is 42.1 Å². The number of piperidine rings is 1. The molecular weight excluding hydrogens is 328 g/mol. The number of aryl methyl sites for hydroxylation is 1. The molecule has 2 aromatic rings. The summed E-state index contributed by atoms with van der Waals surface area (Å²) in [5.41, 5.74) is 1.45. The lowest BCUT2D eigenvalue weighted by atomic mass is 9.96. The zero-order valence-electron chi connectivity index (χ0n) is 13.7. The van der Waals surface area contributed by atoms with Crippen LogP contribution in [0, 0.1) is 6.92 Å². The molecule has 0 N–H and O–H groups in total. The largest absolute Gasteiger partial charge is 0.435 e. The molecule has 0 aromatic carbocycles. The van der Waals surface area contributed by atoms with Crippen LogP contribution in [0.3, 0.4) is 0 Å². The van der Waals surface area contributed by atoms with E-state index in [9.17, 15) is 8.42 Å². The maximum absolute atomic E-state index is 11.8. The molecule has 1 unspecified atom stereocenters. The standard InChI is InChI=1S/C16H20N4O3S/c1-12-14(6-3-7-17-12)23-16-15(18-8-9-19-16)13-5-4-10-20(11-13)24(2,21)22/h3,6-9,13H,4-5,10-11H2,1-2H3. The third kappa shape index (κ3) is 3.70. The van der Waals surface area contributed by atoms with Crippen LogP contribution in [0.15, 0.2) is 30.7 Å². The van der Waals surface area contributed by atoms with E-state index in [2.05, 4.69) is 15.0 Å². The SMILES string of the molecule is Cc1ncccc1Oc1nccnc1C1CCCN(S(C)(=O)=O)C1. The van der Waals surface area contributed by atoms with E-state index in [1.807, 2.05) is 13.0 Å². The van der Waals surface area contributed by atoms with E-state index in [1.165, 1.54) is 10.6 Å². The highest BCUT2D eigenvalue weighted by atomic mass is 32.2. The lowest BCUT2D eigenvalue weighted by molar-refractivity contribution is 0.308. The van der Waals surface area contributed by atoms with Crippen LogP contribution < -0.4 is 4.74 Å². The van der Waals surface area contributed by atoms with Gasteiger partial charge in [0.2, 0.25) is 15.9 Å². The molecule has 1 fully saturated rings. The molecule has 8 heteroatoms. The summed E-state index contributed by atoms with van der Waals surface area (Å²) >= 11 is 0. The van der Waals surface area contributed by atoms with Crippen molar-refractivity contribution in [2.24, 2.45) is 0 Å². The van der Waals surface area contributed by atoms with Gasteiger partial charge in [0.25, 0.3) is 0 Å². The first-order valence-electron chi connectivity index (χ1n) is 7.80. The number of aromatic nitrogens is 3. The summed E-state index contributed by atoms with van der Waals surface area (Å²) in [5, 5.41) is 0. The molecule has 0 spiro atoms. The van der Waals surface area contributed by atoms with Gasteiger partial charge >= 0.3 is 0 Å². The molecule has 24 heavy (non-hydrogen) atoms. The van der Waals surface area contributed by atoms with Crippen LogP contribution in [0.2, 0.25) is 0 Å². The average Bonchev–Trinajstić information content (AvgIpc) is 2.57. The second-order valence-corrected chi connectivity index (χ2v) is 7.88. The number of sulfonamides is 1. The quantitative estimate of drug-likeness (QED) is 0.841. The number of hydrogen-bond donors (Lipinski definition) is 0. The minimum atomic E-state index is -3.21. The van der Waals surface area contributed by atoms with E-state index < -0.39 is 10.0 Å². The Balaban J connectivity index is 1.88. The Kier molecular flexibility index (Phi) is 4.77. The third-order valence-electron chi connectivity index (χ3n) is 4.10. The van der Waals surface area contributed by atoms with Crippen molar-refractivity contribution in [2.75, 3.05) is 19.3 Å². The zero-order chi connectivity index (χ0) is 17.2. The minimum absolute atomic E-state index is 0.0332. The van der Waals surface area contributed by atoms with Gasteiger partial charge < -0.3 is 4.74 Å². The third-order valence-corrected chi connectivity index (χ3v) is 5.37. The van der Waals surface area contributed by atoms with Crippen molar-refractivity contribution in [2.45, 2.75) is 25.7 Å². The maximum Gasteiger partial charge on any atom is 0.241 e. The molecule has 1 aliphatic rings. The summed E-state index contributed by atoms with van der Waals surface area (Å²) in [6, 6.07) is 3.62. The van der Waals surface area contributed by atoms with Gasteiger partial charge in [0, 0.05) is 37.6 Å². The van der Waals surface area contributed by atoms with Gasteiger partial charge in [-0.3, -0.25) is 9.97 Å². The van der Waals surface area contributed by atoms with Crippen molar-refractivity contribution in [3.8, 4) is 11.6 Å². The van der Waals surface area contributed by atoms with Gasteiger partial charge in [-0.05, 0) is 31.9 Å². The summed E-state index contributed by atoms with van der Waals surface area (Å²) in [6.07, 6.45) is 7.76. The minimum Gasteiger partial charge on any atom is -0.435 e. The predicted octanol–water partition coefficient (Wildman–Crippen LogP) is 2.11. The van der Waals surface area contributed by atoms with Gasteiger partial charge in [-0.2, -0.15) is 0 Å². The van der Waals surface area contributed by atoms with Gasteiger partial charge in [0.15, 0.2) is 5.75 Å². The monoisotopic (exact) mass is 348 g/mol. The number of ether oxygens (including phenoxy) is 1. The Bertz CT molecular complexity index is 826. The molecule has 0 aliphatic carbocycles. The number of pyridine rings is 1. The molecule has 3 heterocycles. The topological polar surface area (TPSA) is 85.3 Å². The van der Waals surface area contributed by atoms with E-state index in [0.29, 0.717) is 30.4 Å². The van der Waals surface area contributed by atoms with Gasteiger partial charge in [0.05, 0.1) is 11.9 Å². The fourth-order valence-corrected chi connectivity index (χ4v) is 3.75. The normalized spacial score (nSPS) is 19.2. The van der Waals surface area contributed by atoms with Crippen LogP contribution in [-0.4, -0.2) is 47.0 Å². The summed E-state index contributed by atoms with van der Waals surface area (Å²) in [6.45, 7) is 2.81. The van der Waals surface area contributed by atoms with Crippen LogP contribution >= 0.6 is 0 Å². The van der Waals surface area contributed by atoms with Crippen molar-refractivity contribution < 1.29 is 13.2 Å². The molecule has 0 radical (unpaired) electrons. The molecule has 1 saturated heterocycles. The molecule has 1 aliphatic heterocycles. The fraction of sp³-hybridized carbons (Fsp3) is 0.438. The van der Waals surface area contributed by atoms with Gasteiger partial charge in [-0.25, -0.2) is 17.7 Å². The van der Waals surface area contributed by atoms with E-state index in [0.717, 1.165) is 18.5 Å². The molecule has 0 bridgehead atoms. The lowest BCUT2D eigenvalue weighted by Crippen LogP contribution is -2.38. The lowest BCUT2D eigenvalue weighted by Gasteiger charge is -2.30. The first-order chi connectivity index (χ1) is 11.4. The fourth-order valence-electron chi connectivity index (χ4n) is 2.84. The summed E-state index contributed by atoms with van der Waals surface area (Å²) in [5.74, 6) is 0.998. The Morgan fingerprint density at radius 1 is 1.21 bits per heavy atom. The predicted molar refractivity (Wildman–Crippen MR) is 89.5 cm³/mol. The van der Waals surface area contributed by atoms with Crippen LogP contribution in [0.4, 0.5) is 0 Å². The van der Waals surface area contributed by atoms with Crippen LogP contribution in [0.5, 0.6) is 11.6 Å². The highest BCUT2D eigenvalue weighted by Gasteiger charge is 2.30. The molecule has 1 atom stereocenters. The Morgan fingerprint density at radius 3 is 2.75 bits per heavy atom. The second-order valence-electron chi connectivity index (χ2n) is 5.90. The molecule has 7 nitrogen and oxygen atoms in total.